The number of amidine groups is 1. The summed E-state index contributed by atoms with van der Waals surface area (Å²) in [6, 6.07) is 12.3. The molecule has 0 spiro atoms. The maximum absolute atomic E-state index is 11.1. The summed E-state index contributed by atoms with van der Waals surface area (Å²) in [6.45, 7) is 4.96. The van der Waals surface area contributed by atoms with Gasteiger partial charge in [-0.3, -0.25) is 4.90 Å². The maximum atomic E-state index is 11.1. The van der Waals surface area contributed by atoms with Crippen LogP contribution >= 0.6 is 0 Å². The number of nitrogens with one attached hydrogen (secondary N) is 2. The molecule has 1 aromatic carbocycles. The molecular weight excluding hydrogens is 392 g/mol. The Morgan fingerprint density at radius 1 is 1.13 bits per heavy atom. The highest BCUT2D eigenvalue weighted by Crippen LogP contribution is 2.25. The van der Waals surface area contributed by atoms with Crippen LogP contribution in [0.3, 0.4) is 0 Å². The number of likely N-dealkylation sites (N-methyl/N-ethyl adjacent to an activating group) is 1. The first-order chi connectivity index (χ1) is 15.2. The number of benzene rings is 1. The van der Waals surface area contributed by atoms with Crippen LogP contribution in [0.15, 0.2) is 47.3 Å². The van der Waals surface area contributed by atoms with Crippen LogP contribution in [0.25, 0.3) is 16.5 Å². The van der Waals surface area contributed by atoms with Crippen LogP contribution in [0.4, 0.5) is 0 Å². The number of aromatic nitrogens is 1. The number of ether oxygens (including phenoxy) is 1. The molecule has 2 unspecified atom stereocenters. The van der Waals surface area contributed by atoms with Gasteiger partial charge in [-0.05, 0) is 38.6 Å². The van der Waals surface area contributed by atoms with E-state index in [2.05, 4.69) is 27.5 Å². The third-order valence-electron chi connectivity index (χ3n) is 6.20. The smallest absolute Gasteiger partial charge is 0.200 e. The number of piperidine rings is 1. The number of para-hydroxylation sites is 1. The van der Waals surface area contributed by atoms with E-state index < -0.39 is 0 Å². The van der Waals surface area contributed by atoms with E-state index in [0.717, 1.165) is 49.9 Å². The minimum atomic E-state index is -0.322. The van der Waals surface area contributed by atoms with Crippen LogP contribution in [0.5, 0.6) is 0 Å². The lowest BCUT2D eigenvalue weighted by Crippen LogP contribution is -2.54. The van der Waals surface area contributed by atoms with Crippen molar-refractivity contribution in [3.8, 4) is 0 Å². The van der Waals surface area contributed by atoms with Crippen LogP contribution in [-0.4, -0.2) is 84.5 Å². The first kappa shape index (κ1) is 20.2. The van der Waals surface area contributed by atoms with Gasteiger partial charge in [0.05, 0.1) is 24.4 Å². The highest BCUT2D eigenvalue weighted by Gasteiger charge is 2.31. The van der Waals surface area contributed by atoms with Crippen LogP contribution in [0.2, 0.25) is 0 Å². The lowest BCUT2D eigenvalue weighted by atomic mass is 10.0. The summed E-state index contributed by atoms with van der Waals surface area (Å²) in [5, 5.41) is 19.0. The second-order valence-electron chi connectivity index (χ2n) is 8.50. The number of aliphatic hydroxyl groups is 1. The highest BCUT2D eigenvalue weighted by atomic mass is 16.5. The normalized spacial score (nSPS) is 25.9. The summed E-state index contributed by atoms with van der Waals surface area (Å²) < 4.78 is 5.49. The molecule has 8 heteroatoms. The van der Waals surface area contributed by atoms with Gasteiger partial charge in [-0.2, -0.15) is 0 Å². The number of aliphatic imine (C=N–C) groups is 1. The van der Waals surface area contributed by atoms with Crippen molar-refractivity contribution >= 4 is 22.3 Å². The van der Waals surface area contributed by atoms with E-state index >= 15 is 0 Å². The molecule has 8 nitrogen and oxygen atoms in total. The van der Waals surface area contributed by atoms with Gasteiger partial charge in [0.1, 0.15) is 11.4 Å². The largest absolute Gasteiger partial charge is 0.494 e. The topological polar surface area (TPSA) is 85.2 Å². The standard InChI is InChI=1S/C23H30N6O2/c1-28-10-4-6-17(15-28)24-21-20(19-9-8-16-5-2-3-7-18(16)25-19)22(30)27-23(26-21)29-11-13-31-14-12-29/h2-3,5,7-9,17,23,27,30H,4,6,10-15H2,1H3,(H,24,26). The molecule has 0 amide bonds. The van der Waals surface area contributed by atoms with Crippen molar-refractivity contribution in [2.24, 2.45) is 4.99 Å². The first-order valence-electron chi connectivity index (χ1n) is 11.1. The van der Waals surface area contributed by atoms with Gasteiger partial charge in [-0.25, -0.2) is 9.98 Å². The summed E-state index contributed by atoms with van der Waals surface area (Å²) >= 11 is 0. The number of hydrogen-bond donors (Lipinski definition) is 3. The number of morpholine rings is 1. The van der Waals surface area contributed by atoms with E-state index in [1.165, 1.54) is 0 Å². The molecule has 164 valence electrons. The second-order valence-corrected chi connectivity index (χ2v) is 8.50. The predicted molar refractivity (Wildman–Crippen MR) is 122 cm³/mol. The van der Waals surface area contributed by atoms with Crippen molar-refractivity contribution in [3.63, 3.8) is 0 Å². The van der Waals surface area contributed by atoms with Gasteiger partial charge >= 0.3 is 0 Å². The molecule has 0 aliphatic carbocycles. The van der Waals surface area contributed by atoms with Gasteiger partial charge in [0.2, 0.25) is 0 Å². The van der Waals surface area contributed by atoms with Crippen molar-refractivity contribution in [3.05, 3.63) is 48.0 Å². The van der Waals surface area contributed by atoms with Gasteiger partial charge in [0.15, 0.2) is 12.2 Å². The molecule has 4 heterocycles. The zero-order valence-electron chi connectivity index (χ0n) is 17.9. The molecule has 3 N–H and O–H groups in total. The van der Waals surface area contributed by atoms with E-state index in [1.807, 2.05) is 36.4 Å². The summed E-state index contributed by atoms with van der Waals surface area (Å²) in [5.74, 6) is 0.816. The van der Waals surface area contributed by atoms with Crippen molar-refractivity contribution in [1.82, 2.24) is 25.4 Å². The molecule has 1 aromatic heterocycles. The molecule has 0 radical (unpaired) electrons. The number of aliphatic hydroxyl groups excluding tert-OH is 1. The SMILES string of the molecule is CN1CCCC(NC2=NC(N3CCOCC3)NC(O)=C2c2ccc3ccccc3n2)C1. The molecule has 0 saturated carbocycles. The summed E-state index contributed by atoms with van der Waals surface area (Å²) in [7, 11) is 2.15. The Balaban J connectivity index is 1.49. The maximum Gasteiger partial charge on any atom is 0.200 e. The zero-order valence-corrected chi connectivity index (χ0v) is 17.9. The molecule has 0 bridgehead atoms. The molecule has 3 aliphatic heterocycles. The monoisotopic (exact) mass is 422 g/mol. The first-order valence-corrected chi connectivity index (χ1v) is 11.1. The number of hydrogen-bond acceptors (Lipinski definition) is 8. The fourth-order valence-electron chi connectivity index (χ4n) is 4.56. The van der Waals surface area contributed by atoms with Crippen molar-refractivity contribution in [1.29, 1.82) is 0 Å². The number of pyridine rings is 1. The van der Waals surface area contributed by atoms with Gasteiger partial charge in [0, 0.05) is 31.1 Å². The summed E-state index contributed by atoms with van der Waals surface area (Å²) in [6.07, 6.45) is 1.90. The molecule has 2 atom stereocenters. The fraction of sp³-hybridized carbons (Fsp3) is 0.478. The molecule has 3 aliphatic rings. The highest BCUT2D eigenvalue weighted by molar-refractivity contribution is 6.23. The predicted octanol–water partition coefficient (Wildman–Crippen LogP) is 1.76. The quantitative estimate of drug-likeness (QED) is 0.695. The second kappa shape index (κ2) is 8.82. The van der Waals surface area contributed by atoms with Gasteiger partial charge in [-0.1, -0.05) is 24.3 Å². The average Bonchev–Trinajstić information content (AvgIpc) is 2.79. The minimum absolute atomic E-state index is 0.112. The van der Waals surface area contributed by atoms with Crippen molar-refractivity contribution in [2.45, 2.75) is 25.2 Å². The minimum Gasteiger partial charge on any atom is -0.494 e. The lowest BCUT2D eigenvalue weighted by Gasteiger charge is -2.37. The number of nitrogens with zero attached hydrogens (tertiary/aromatic N) is 4. The van der Waals surface area contributed by atoms with Crippen molar-refractivity contribution < 1.29 is 9.84 Å². The van der Waals surface area contributed by atoms with E-state index in [0.29, 0.717) is 30.3 Å². The zero-order chi connectivity index (χ0) is 21.2. The van der Waals surface area contributed by atoms with Crippen LogP contribution in [0.1, 0.15) is 18.5 Å². The Morgan fingerprint density at radius 2 is 1.97 bits per heavy atom. The van der Waals surface area contributed by atoms with E-state index in [1.54, 1.807) is 0 Å². The Kier molecular flexibility index (Phi) is 5.76. The fourth-order valence-corrected chi connectivity index (χ4v) is 4.56. The number of likely N-dealkylation sites (tertiary alicyclic amines) is 1. The molecule has 2 fully saturated rings. The van der Waals surface area contributed by atoms with Crippen LogP contribution in [0, 0.1) is 0 Å². The summed E-state index contributed by atoms with van der Waals surface area (Å²) in [5.41, 5.74) is 2.23. The Hall–Kier alpha value is -2.68. The number of rotatable bonds is 3. The Morgan fingerprint density at radius 3 is 2.81 bits per heavy atom. The lowest BCUT2D eigenvalue weighted by molar-refractivity contribution is 0.00986. The average molecular weight is 423 g/mol. The summed E-state index contributed by atoms with van der Waals surface area (Å²) in [4.78, 5) is 14.4. The molecule has 31 heavy (non-hydrogen) atoms. The molecule has 5 rings (SSSR count). The molecular formula is C23H30N6O2. The number of fused-ring (bicyclic) bond motifs is 1. The van der Waals surface area contributed by atoms with Gasteiger partial charge in [-0.15, -0.1) is 0 Å². The molecule has 2 saturated heterocycles. The van der Waals surface area contributed by atoms with E-state index in [-0.39, 0.29) is 18.2 Å². The Labute approximate surface area is 182 Å². The van der Waals surface area contributed by atoms with Gasteiger partial charge < -0.3 is 25.4 Å². The van der Waals surface area contributed by atoms with Crippen LogP contribution < -0.4 is 10.6 Å². The van der Waals surface area contributed by atoms with Gasteiger partial charge in [0.25, 0.3) is 0 Å². The Bertz CT molecular complexity index is 1000. The van der Waals surface area contributed by atoms with E-state index in [4.69, 9.17) is 14.7 Å². The van der Waals surface area contributed by atoms with Crippen molar-refractivity contribution in [2.75, 3.05) is 46.4 Å². The third kappa shape index (κ3) is 4.37. The van der Waals surface area contributed by atoms with E-state index in [9.17, 15) is 5.11 Å². The molecule has 2 aromatic rings. The van der Waals surface area contributed by atoms with Crippen LogP contribution in [-0.2, 0) is 4.74 Å². The third-order valence-corrected chi connectivity index (χ3v) is 6.20.